The number of pyridine rings is 1. The smallest absolute Gasteiger partial charge is 0.257 e. The number of anilines is 1. The molecule has 7 heteroatoms. The first-order chi connectivity index (χ1) is 15.0. The third kappa shape index (κ3) is 4.85. The summed E-state index contributed by atoms with van der Waals surface area (Å²) >= 11 is 12.3. The minimum atomic E-state index is -0.277. The fraction of sp³-hybridized carbons (Fsp3) is 0.0417. The van der Waals surface area contributed by atoms with E-state index in [-0.39, 0.29) is 5.91 Å². The van der Waals surface area contributed by atoms with Crippen LogP contribution >= 0.6 is 23.2 Å². The molecule has 0 aliphatic carbocycles. The van der Waals surface area contributed by atoms with Gasteiger partial charge in [-0.25, -0.2) is 4.98 Å². The maximum absolute atomic E-state index is 13.4. The van der Waals surface area contributed by atoms with E-state index in [9.17, 15) is 4.79 Å². The summed E-state index contributed by atoms with van der Waals surface area (Å²) in [4.78, 5) is 17.6. The van der Waals surface area contributed by atoms with Crippen LogP contribution < -0.4 is 5.32 Å². The molecule has 31 heavy (non-hydrogen) atoms. The van der Waals surface area contributed by atoms with E-state index >= 15 is 0 Å². The standard InChI is InChI=1S/C24H18Cl2N4O/c1-16-12-22(30(29-16)23-21(26)14-19(25)15-27-23)28-24(31)20(18-10-6-3-7-11-18)13-17-8-4-2-5-9-17/h2-15H,1H3,(H,28,31)/b20-13-. The molecule has 2 aromatic heterocycles. The summed E-state index contributed by atoms with van der Waals surface area (Å²) in [5, 5.41) is 8.13. The van der Waals surface area contributed by atoms with Crippen LogP contribution in [0.25, 0.3) is 17.5 Å². The Kier molecular flexibility index (Phi) is 6.16. The molecule has 0 radical (unpaired) electrons. The van der Waals surface area contributed by atoms with Gasteiger partial charge in [-0.05, 0) is 30.2 Å². The van der Waals surface area contributed by atoms with E-state index in [0.29, 0.717) is 32.9 Å². The van der Waals surface area contributed by atoms with Crippen LogP contribution in [0, 0.1) is 6.92 Å². The number of aryl methyl sites for hydroxylation is 1. The lowest BCUT2D eigenvalue weighted by molar-refractivity contribution is -0.111. The molecule has 0 unspecified atom stereocenters. The van der Waals surface area contributed by atoms with Crippen LogP contribution in [0.3, 0.4) is 0 Å². The average Bonchev–Trinajstić information content (AvgIpc) is 3.13. The largest absolute Gasteiger partial charge is 0.306 e. The number of amides is 1. The van der Waals surface area contributed by atoms with Crippen molar-refractivity contribution in [3.63, 3.8) is 0 Å². The third-order valence-electron chi connectivity index (χ3n) is 4.50. The highest BCUT2D eigenvalue weighted by Gasteiger charge is 2.18. The number of nitrogens with one attached hydrogen (secondary N) is 1. The van der Waals surface area contributed by atoms with Crippen molar-refractivity contribution in [1.82, 2.24) is 14.8 Å². The lowest BCUT2D eigenvalue weighted by atomic mass is 10.0. The molecule has 4 aromatic rings. The molecular formula is C24H18Cl2N4O. The van der Waals surface area contributed by atoms with Crippen LogP contribution in [0.2, 0.25) is 10.0 Å². The van der Waals surface area contributed by atoms with Gasteiger partial charge in [0, 0.05) is 17.8 Å². The van der Waals surface area contributed by atoms with Crippen molar-refractivity contribution in [2.45, 2.75) is 6.92 Å². The molecule has 2 aromatic carbocycles. The fourth-order valence-corrected chi connectivity index (χ4v) is 3.57. The van der Waals surface area contributed by atoms with Crippen LogP contribution in [0.4, 0.5) is 5.82 Å². The number of aromatic nitrogens is 3. The van der Waals surface area contributed by atoms with E-state index in [0.717, 1.165) is 11.1 Å². The summed E-state index contributed by atoms with van der Waals surface area (Å²) in [6.07, 6.45) is 3.34. The van der Waals surface area contributed by atoms with Crippen LogP contribution in [0.5, 0.6) is 0 Å². The van der Waals surface area contributed by atoms with Gasteiger partial charge in [0.15, 0.2) is 5.82 Å². The summed E-state index contributed by atoms with van der Waals surface area (Å²) < 4.78 is 1.50. The minimum absolute atomic E-state index is 0.277. The molecule has 0 atom stereocenters. The number of rotatable bonds is 5. The normalized spacial score (nSPS) is 11.4. The Balaban J connectivity index is 1.73. The molecule has 5 nitrogen and oxygen atoms in total. The molecule has 154 valence electrons. The lowest BCUT2D eigenvalue weighted by Gasteiger charge is -2.12. The maximum Gasteiger partial charge on any atom is 0.257 e. The highest BCUT2D eigenvalue weighted by molar-refractivity contribution is 6.35. The topological polar surface area (TPSA) is 59.8 Å². The van der Waals surface area contributed by atoms with Crippen LogP contribution in [-0.2, 0) is 4.79 Å². The van der Waals surface area contributed by atoms with Crippen LogP contribution in [0.1, 0.15) is 16.8 Å². The van der Waals surface area contributed by atoms with Crippen molar-refractivity contribution >= 4 is 46.6 Å². The number of benzene rings is 2. The summed E-state index contributed by atoms with van der Waals surface area (Å²) in [7, 11) is 0. The molecule has 2 heterocycles. The number of carbonyl (C=O) groups excluding carboxylic acids is 1. The summed E-state index contributed by atoms with van der Waals surface area (Å²) in [5.74, 6) is 0.554. The Morgan fingerprint density at radius 1 is 1.00 bits per heavy atom. The van der Waals surface area contributed by atoms with Gasteiger partial charge in [0.25, 0.3) is 5.91 Å². The van der Waals surface area contributed by atoms with Gasteiger partial charge in [0.05, 0.1) is 15.7 Å². The summed E-state index contributed by atoms with van der Waals surface area (Å²) in [5.41, 5.74) is 2.95. The lowest BCUT2D eigenvalue weighted by Crippen LogP contribution is -2.17. The van der Waals surface area contributed by atoms with Gasteiger partial charge >= 0.3 is 0 Å². The maximum atomic E-state index is 13.4. The predicted molar refractivity (Wildman–Crippen MR) is 126 cm³/mol. The molecule has 0 spiro atoms. The van der Waals surface area contributed by atoms with Crippen molar-refractivity contribution in [3.05, 3.63) is 106 Å². The van der Waals surface area contributed by atoms with Crippen LogP contribution in [0.15, 0.2) is 79.0 Å². The molecule has 0 saturated heterocycles. The van der Waals surface area contributed by atoms with E-state index < -0.39 is 0 Å². The van der Waals surface area contributed by atoms with Crippen molar-refractivity contribution in [1.29, 1.82) is 0 Å². The fourth-order valence-electron chi connectivity index (χ4n) is 3.11. The van der Waals surface area contributed by atoms with Gasteiger partial charge in [-0.1, -0.05) is 83.9 Å². The Morgan fingerprint density at radius 2 is 1.68 bits per heavy atom. The monoisotopic (exact) mass is 448 g/mol. The zero-order valence-corrected chi connectivity index (χ0v) is 18.1. The predicted octanol–water partition coefficient (Wildman–Crippen LogP) is 6.06. The number of carbonyl (C=O) groups is 1. The molecule has 0 aliphatic rings. The molecule has 4 rings (SSSR count). The van der Waals surface area contributed by atoms with Gasteiger partial charge in [0.2, 0.25) is 0 Å². The highest BCUT2D eigenvalue weighted by Crippen LogP contribution is 2.26. The van der Waals surface area contributed by atoms with Gasteiger partial charge in [-0.15, -0.1) is 0 Å². The number of hydrogen-bond donors (Lipinski definition) is 1. The molecule has 0 aliphatic heterocycles. The zero-order chi connectivity index (χ0) is 21.8. The van der Waals surface area contributed by atoms with Crippen LogP contribution in [-0.4, -0.2) is 20.7 Å². The van der Waals surface area contributed by atoms with Gasteiger partial charge in [0.1, 0.15) is 5.82 Å². The molecule has 0 bridgehead atoms. The van der Waals surface area contributed by atoms with E-state index in [1.54, 1.807) is 12.1 Å². The first-order valence-electron chi connectivity index (χ1n) is 9.53. The first-order valence-corrected chi connectivity index (χ1v) is 10.3. The van der Waals surface area contributed by atoms with E-state index in [1.165, 1.54) is 10.9 Å². The second kappa shape index (κ2) is 9.16. The Morgan fingerprint density at radius 3 is 2.35 bits per heavy atom. The Bertz CT molecular complexity index is 1250. The minimum Gasteiger partial charge on any atom is -0.306 e. The van der Waals surface area contributed by atoms with E-state index in [1.807, 2.05) is 73.7 Å². The van der Waals surface area contributed by atoms with Crippen molar-refractivity contribution in [2.24, 2.45) is 0 Å². The quantitative estimate of drug-likeness (QED) is 0.298. The van der Waals surface area contributed by atoms with Crippen molar-refractivity contribution in [3.8, 4) is 5.82 Å². The highest BCUT2D eigenvalue weighted by atomic mass is 35.5. The SMILES string of the molecule is Cc1cc(NC(=O)/C(=C\c2ccccc2)c2ccccc2)n(-c2ncc(Cl)cc2Cl)n1. The van der Waals surface area contributed by atoms with Gasteiger partial charge < -0.3 is 5.32 Å². The second-order valence-corrected chi connectivity index (χ2v) is 7.67. The Hall–Kier alpha value is -3.41. The molecular weight excluding hydrogens is 431 g/mol. The number of hydrogen-bond acceptors (Lipinski definition) is 3. The molecule has 0 fully saturated rings. The van der Waals surface area contributed by atoms with Gasteiger partial charge in [-0.3, -0.25) is 4.79 Å². The summed E-state index contributed by atoms with van der Waals surface area (Å²) in [6.45, 7) is 1.83. The molecule has 1 amide bonds. The van der Waals surface area contributed by atoms with Crippen molar-refractivity contribution in [2.75, 3.05) is 5.32 Å². The number of nitrogens with zero attached hydrogens (tertiary/aromatic N) is 3. The summed E-state index contributed by atoms with van der Waals surface area (Å²) in [6, 6.07) is 22.5. The first kappa shape index (κ1) is 20.8. The van der Waals surface area contributed by atoms with E-state index in [2.05, 4.69) is 15.4 Å². The molecule has 0 saturated carbocycles. The third-order valence-corrected chi connectivity index (χ3v) is 4.99. The Labute approximate surface area is 190 Å². The zero-order valence-electron chi connectivity index (χ0n) is 16.6. The van der Waals surface area contributed by atoms with E-state index in [4.69, 9.17) is 23.2 Å². The van der Waals surface area contributed by atoms with Crippen molar-refractivity contribution < 1.29 is 4.79 Å². The number of halogens is 2. The van der Waals surface area contributed by atoms with Gasteiger partial charge in [-0.2, -0.15) is 9.78 Å². The second-order valence-electron chi connectivity index (χ2n) is 6.83. The molecule has 1 N–H and O–H groups in total. The average molecular weight is 449 g/mol.